The second-order valence-electron chi connectivity index (χ2n) is 7.29. The summed E-state index contributed by atoms with van der Waals surface area (Å²) in [7, 11) is 0. The number of nitrogens with zero attached hydrogens (tertiary/aromatic N) is 1. The van der Waals surface area contributed by atoms with E-state index >= 15 is 0 Å². The summed E-state index contributed by atoms with van der Waals surface area (Å²) in [4.78, 5) is 16.1. The topological polar surface area (TPSA) is 106 Å². The van der Waals surface area contributed by atoms with Crippen molar-refractivity contribution in [1.82, 2.24) is 4.98 Å². The van der Waals surface area contributed by atoms with Gasteiger partial charge in [-0.15, -0.1) is 0 Å². The third-order valence-electron chi connectivity index (χ3n) is 5.05. The molecule has 1 heterocycles. The summed E-state index contributed by atoms with van der Waals surface area (Å²) in [6.45, 7) is 3.86. The van der Waals surface area contributed by atoms with Crippen LogP contribution in [-0.4, -0.2) is 23.0 Å². The van der Waals surface area contributed by atoms with E-state index in [1.165, 1.54) is 0 Å². The van der Waals surface area contributed by atoms with Crippen LogP contribution in [0.15, 0.2) is 30.3 Å². The Morgan fingerprint density at radius 1 is 1.30 bits per heavy atom. The van der Waals surface area contributed by atoms with Crippen LogP contribution in [0.1, 0.15) is 42.1 Å². The predicted octanol–water partition coefficient (Wildman–Crippen LogP) is 3.30. The second-order valence-corrected chi connectivity index (χ2v) is 7.29. The van der Waals surface area contributed by atoms with E-state index in [0.29, 0.717) is 5.92 Å². The smallest absolute Gasteiger partial charge is 0.252 e. The van der Waals surface area contributed by atoms with Crippen molar-refractivity contribution in [2.75, 3.05) is 10.6 Å². The molecule has 1 aromatic carbocycles. The maximum absolute atomic E-state index is 14.6. The zero-order valence-corrected chi connectivity index (χ0v) is 15.6. The fraction of sp³-hybridized carbons (Fsp3) is 0.400. The van der Waals surface area contributed by atoms with Crippen molar-refractivity contribution in [3.8, 4) is 0 Å². The summed E-state index contributed by atoms with van der Waals surface area (Å²) in [5.41, 5.74) is 13.3. The number of carbonyl (C=O) groups excluding carboxylic acids is 1. The molecule has 1 aliphatic carbocycles. The lowest BCUT2D eigenvalue weighted by molar-refractivity contribution is 0.100. The van der Waals surface area contributed by atoms with Gasteiger partial charge in [0.15, 0.2) is 11.6 Å². The van der Waals surface area contributed by atoms with Gasteiger partial charge in [-0.05, 0) is 56.4 Å². The van der Waals surface area contributed by atoms with E-state index in [4.69, 9.17) is 11.5 Å². The molecule has 0 spiro atoms. The first kappa shape index (κ1) is 19.1. The van der Waals surface area contributed by atoms with Crippen molar-refractivity contribution in [3.63, 3.8) is 0 Å². The van der Waals surface area contributed by atoms with Gasteiger partial charge >= 0.3 is 0 Å². The minimum atomic E-state index is -0.745. The molecule has 0 bridgehead atoms. The molecule has 3 rings (SSSR count). The van der Waals surface area contributed by atoms with Crippen LogP contribution in [-0.2, 0) is 0 Å². The van der Waals surface area contributed by atoms with Crippen LogP contribution in [0.5, 0.6) is 0 Å². The van der Waals surface area contributed by atoms with Crippen molar-refractivity contribution in [3.05, 3.63) is 47.3 Å². The first-order valence-corrected chi connectivity index (χ1v) is 9.21. The zero-order chi connectivity index (χ0) is 19.6. The van der Waals surface area contributed by atoms with Gasteiger partial charge in [0.2, 0.25) is 0 Å². The van der Waals surface area contributed by atoms with Crippen molar-refractivity contribution in [2.45, 2.75) is 45.2 Å². The molecule has 0 unspecified atom stereocenters. The van der Waals surface area contributed by atoms with E-state index in [1.807, 2.05) is 38.1 Å². The number of amides is 1. The number of aromatic nitrogens is 1. The number of carbonyl (C=O) groups is 1. The maximum Gasteiger partial charge on any atom is 0.252 e. The number of anilines is 3. The number of aryl methyl sites for hydroxylation is 1. The lowest BCUT2D eigenvalue weighted by atomic mass is 9.77. The van der Waals surface area contributed by atoms with Crippen LogP contribution < -0.4 is 22.1 Å². The highest BCUT2D eigenvalue weighted by Crippen LogP contribution is 2.33. The zero-order valence-electron chi connectivity index (χ0n) is 15.6. The van der Waals surface area contributed by atoms with Gasteiger partial charge in [-0.1, -0.05) is 18.6 Å². The third-order valence-corrected chi connectivity index (χ3v) is 5.05. The van der Waals surface area contributed by atoms with Crippen molar-refractivity contribution in [2.24, 2.45) is 17.4 Å². The quantitative estimate of drug-likeness (QED) is 0.597. The molecule has 1 saturated carbocycles. The Morgan fingerprint density at radius 3 is 2.59 bits per heavy atom. The number of nitrogens with two attached hydrogens (primary N) is 2. The molecule has 6 N–H and O–H groups in total. The van der Waals surface area contributed by atoms with Crippen LogP contribution in [0.3, 0.4) is 0 Å². The number of primary amides is 1. The van der Waals surface area contributed by atoms with E-state index < -0.39 is 11.7 Å². The standard InChI is InChI=1S/C20H26FN5O/c1-11-5-3-8-14(9-11)24-19-15(18(23)27)10-16(21)20(26-19)25-17(12(2)22)13-6-4-7-13/h3,5,8-10,12-13,17H,4,6-7,22H2,1-2H3,(H2,23,27)(H2,24,25,26)/t12-,17-/m0/s1. The van der Waals surface area contributed by atoms with Crippen molar-refractivity contribution >= 4 is 23.2 Å². The summed E-state index contributed by atoms with van der Waals surface area (Å²) in [6.07, 6.45) is 3.29. The summed E-state index contributed by atoms with van der Waals surface area (Å²) >= 11 is 0. The molecule has 0 saturated heterocycles. The Hall–Kier alpha value is -2.67. The first-order valence-electron chi connectivity index (χ1n) is 9.21. The number of nitrogens with one attached hydrogen (secondary N) is 2. The van der Waals surface area contributed by atoms with Crippen LogP contribution in [0.2, 0.25) is 0 Å². The molecular weight excluding hydrogens is 345 g/mol. The van der Waals surface area contributed by atoms with E-state index in [1.54, 1.807) is 0 Å². The van der Waals surface area contributed by atoms with Crippen molar-refractivity contribution in [1.29, 1.82) is 0 Å². The molecule has 0 radical (unpaired) electrons. The van der Waals surface area contributed by atoms with E-state index in [-0.39, 0.29) is 29.3 Å². The molecule has 2 aromatic rings. The van der Waals surface area contributed by atoms with Crippen LogP contribution in [0, 0.1) is 18.7 Å². The summed E-state index contributed by atoms with van der Waals surface area (Å²) < 4.78 is 14.6. The summed E-state index contributed by atoms with van der Waals surface area (Å²) in [6, 6.07) is 8.48. The fourth-order valence-corrected chi connectivity index (χ4v) is 3.37. The summed E-state index contributed by atoms with van der Waals surface area (Å²) in [5.74, 6) is -0.678. The average molecular weight is 371 g/mol. The number of rotatable bonds is 7. The number of benzene rings is 1. The molecule has 1 aromatic heterocycles. The van der Waals surface area contributed by atoms with Gasteiger partial charge < -0.3 is 22.1 Å². The molecular formula is C20H26FN5O. The van der Waals surface area contributed by atoms with E-state index in [0.717, 1.165) is 36.6 Å². The second kappa shape index (κ2) is 7.92. The van der Waals surface area contributed by atoms with Gasteiger partial charge in [-0.25, -0.2) is 9.37 Å². The lowest BCUT2D eigenvalue weighted by Crippen LogP contribution is -2.46. The van der Waals surface area contributed by atoms with Crippen LogP contribution in [0.25, 0.3) is 0 Å². The minimum Gasteiger partial charge on any atom is -0.365 e. The predicted molar refractivity (Wildman–Crippen MR) is 106 cm³/mol. The molecule has 1 amide bonds. The van der Waals surface area contributed by atoms with Gasteiger partial charge in [-0.3, -0.25) is 4.79 Å². The first-order chi connectivity index (χ1) is 12.8. The highest BCUT2D eigenvalue weighted by molar-refractivity contribution is 5.98. The largest absolute Gasteiger partial charge is 0.365 e. The van der Waals surface area contributed by atoms with Crippen LogP contribution in [0.4, 0.5) is 21.7 Å². The Labute approximate surface area is 158 Å². The molecule has 27 heavy (non-hydrogen) atoms. The van der Waals surface area contributed by atoms with E-state index in [2.05, 4.69) is 15.6 Å². The molecule has 7 heteroatoms. The number of halogens is 1. The SMILES string of the molecule is Cc1cccc(Nc2nc(N[C@H](C3CCC3)[C@H](C)N)c(F)cc2C(N)=O)c1. The number of hydrogen-bond acceptors (Lipinski definition) is 5. The maximum atomic E-state index is 14.6. The van der Waals surface area contributed by atoms with Gasteiger partial charge in [0.25, 0.3) is 5.91 Å². The van der Waals surface area contributed by atoms with Gasteiger partial charge in [0.05, 0.1) is 5.56 Å². The fourth-order valence-electron chi connectivity index (χ4n) is 3.37. The molecule has 1 aliphatic rings. The normalized spacial score (nSPS) is 16.3. The Bertz CT molecular complexity index is 835. The van der Waals surface area contributed by atoms with Crippen molar-refractivity contribution < 1.29 is 9.18 Å². The molecule has 144 valence electrons. The third kappa shape index (κ3) is 4.36. The Kier molecular flexibility index (Phi) is 5.60. The lowest BCUT2D eigenvalue weighted by Gasteiger charge is -2.37. The van der Waals surface area contributed by atoms with Gasteiger partial charge in [0, 0.05) is 17.8 Å². The molecule has 2 atom stereocenters. The van der Waals surface area contributed by atoms with Gasteiger partial charge in [0.1, 0.15) is 5.82 Å². The molecule has 6 nitrogen and oxygen atoms in total. The minimum absolute atomic E-state index is 0.000507. The highest BCUT2D eigenvalue weighted by Gasteiger charge is 2.31. The number of pyridine rings is 1. The summed E-state index contributed by atoms with van der Waals surface area (Å²) in [5, 5.41) is 6.22. The number of hydrogen-bond donors (Lipinski definition) is 4. The van der Waals surface area contributed by atoms with Gasteiger partial charge in [-0.2, -0.15) is 0 Å². The molecule has 1 fully saturated rings. The molecule has 0 aliphatic heterocycles. The Balaban J connectivity index is 1.93. The Morgan fingerprint density at radius 2 is 2.04 bits per heavy atom. The average Bonchev–Trinajstić information content (AvgIpc) is 2.54. The van der Waals surface area contributed by atoms with Crippen LogP contribution >= 0.6 is 0 Å². The highest BCUT2D eigenvalue weighted by atomic mass is 19.1. The van der Waals surface area contributed by atoms with E-state index in [9.17, 15) is 9.18 Å². The monoisotopic (exact) mass is 371 g/mol.